The molecule has 3 rings (SSSR count). The Balaban J connectivity index is 1.61. The van der Waals surface area contributed by atoms with Crippen molar-refractivity contribution in [2.24, 2.45) is 5.41 Å². The minimum atomic E-state index is -0.677. The van der Waals surface area contributed by atoms with Crippen molar-refractivity contribution in [1.29, 1.82) is 5.26 Å². The average molecular weight is 262 g/mol. The number of amides is 1. The van der Waals surface area contributed by atoms with Crippen molar-refractivity contribution in [3.8, 4) is 6.07 Å². The number of carbonyl (C=O) groups is 1. The fourth-order valence-corrected chi connectivity index (χ4v) is 2.97. The first kappa shape index (κ1) is 11.5. The van der Waals surface area contributed by atoms with E-state index in [1.165, 1.54) is 0 Å². The fraction of sp³-hybridized carbons (Fsp3) is 0.583. The highest BCUT2D eigenvalue weighted by molar-refractivity contribution is 7.13. The summed E-state index contributed by atoms with van der Waals surface area (Å²) in [6.07, 6.45) is 3.26. The lowest BCUT2D eigenvalue weighted by Gasteiger charge is -2.35. The predicted molar refractivity (Wildman–Crippen MR) is 68.2 cm³/mol. The minimum Gasteiger partial charge on any atom is -0.345 e. The van der Waals surface area contributed by atoms with E-state index < -0.39 is 5.41 Å². The largest absolute Gasteiger partial charge is 0.345 e. The summed E-state index contributed by atoms with van der Waals surface area (Å²) in [4.78, 5) is 20.5. The highest BCUT2D eigenvalue weighted by Crippen LogP contribution is 2.46. The van der Waals surface area contributed by atoms with Crippen LogP contribution >= 0.6 is 11.3 Å². The van der Waals surface area contributed by atoms with Gasteiger partial charge in [0.05, 0.1) is 6.07 Å². The maximum Gasteiger partial charge on any atom is 0.243 e. The van der Waals surface area contributed by atoms with Crippen molar-refractivity contribution in [2.75, 3.05) is 31.1 Å². The van der Waals surface area contributed by atoms with E-state index in [4.69, 9.17) is 5.26 Å². The highest BCUT2D eigenvalue weighted by atomic mass is 32.1. The molecule has 2 aliphatic rings. The van der Waals surface area contributed by atoms with Crippen molar-refractivity contribution in [2.45, 2.75) is 12.8 Å². The molecule has 1 amide bonds. The molecule has 0 N–H and O–H groups in total. The molecular weight excluding hydrogens is 248 g/mol. The lowest BCUT2D eigenvalue weighted by atomic mass is 10.1. The lowest BCUT2D eigenvalue weighted by Crippen LogP contribution is -2.50. The highest BCUT2D eigenvalue weighted by Gasteiger charge is 2.52. The molecule has 0 radical (unpaired) electrons. The SMILES string of the molecule is N#CC1(C(=O)N2CCN(c3nccs3)CC2)CC1. The standard InChI is InChI=1S/C12H14N4OS/c13-9-12(1-2-12)10(17)15-4-6-16(7-5-15)11-14-3-8-18-11/h3,8H,1-2,4-7H2. The summed E-state index contributed by atoms with van der Waals surface area (Å²) in [5, 5.41) is 12.0. The van der Waals surface area contributed by atoms with E-state index in [1.807, 2.05) is 10.3 Å². The van der Waals surface area contributed by atoms with E-state index in [0.717, 1.165) is 31.1 Å². The number of nitriles is 1. The number of aromatic nitrogens is 1. The first-order valence-corrected chi connectivity index (χ1v) is 6.98. The number of hydrogen-bond acceptors (Lipinski definition) is 5. The van der Waals surface area contributed by atoms with E-state index in [2.05, 4.69) is 16.0 Å². The molecule has 1 aliphatic heterocycles. The van der Waals surface area contributed by atoms with Crippen molar-refractivity contribution >= 4 is 22.4 Å². The second kappa shape index (κ2) is 4.25. The molecule has 1 aliphatic carbocycles. The van der Waals surface area contributed by atoms with Gasteiger partial charge in [-0.1, -0.05) is 0 Å². The monoisotopic (exact) mass is 262 g/mol. The van der Waals surface area contributed by atoms with Crippen LogP contribution in [0.25, 0.3) is 0 Å². The van der Waals surface area contributed by atoms with Crippen LogP contribution < -0.4 is 4.90 Å². The third kappa shape index (κ3) is 1.85. The van der Waals surface area contributed by atoms with Crippen LogP contribution in [0.15, 0.2) is 11.6 Å². The van der Waals surface area contributed by atoms with E-state index in [-0.39, 0.29) is 5.91 Å². The van der Waals surface area contributed by atoms with E-state index in [0.29, 0.717) is 13.1 Å². The Kier molecular flexibility index (Phi) is 2.71. The van der Waals surface area contributed by atoms with Crippen molar-refractivity contribution in [1.82, 2.24) is 9.88 Å². The molecule has 1 aromatic rings. The summed E-state index contributed by atoms with van der Waals surface area (Å²) in [5.74, 6) is 0.0313. The maximum absolute atomic E-state index is 12.2. The van der Waals surface area contributed by atoms with Crippen LogP contribution in [0, 0.1) is 16.7 Å². The van der Waals surface area contributed by atoms with Crippen LogP contribution in [0.1, 0.15) is 12.8 Å². The third-order valence-corrected chi connectivity index (χ3v) is 4.46. The summed E-state index contributed by atoms with van der Waals surface area (Å²) >= 11 is 1.62. The predicted octanol–water partition coefficient (Wildman–Crippen LogP) is 1.10. The summed E-state index contributed by atoms with van der Waals surface area (Å²) in [6.45, 7) is 3.01. The van der Waals surface area contributed by atoms with E-state index in [1.54, 1.807) is 17.5 Å². The van der Waals surface area contributed by atoms with Gasteiger partial charge >= 0.3 is 0 Å². The molecule has 5 nitrogen and oxygen atoms in total. The van der Waals surface area contributed by atoms with Crippen LogP contribution in [-0.2, 0) is 4.79 Å². The molecule has 0 aromatic carbocycles. The summed E-state index contributed by atoms with van der Waals surface area (Å²) in [5.41, 5.74) is -0.677. The fourth-order valence-electron chi connectivity index (χ4n) is 2.27. The normalized spacial score (nSPS) is 21.5. The molecule has 2 heterocycles. The van der Waals surface area contributed by atoms with Gasteiger partial charge in [-0.25, -0.2) is 4.98 Å². The molecule has 0 bridgehead atoms. The third-order valence-electron chi connectivity index (χ3n) is 3.63. The van der Waals surface area contributed by atoms with Gasteiger partial charge in [-0.2, -0.15) is 5.26 Å². The number of nitrogens with zero attached hydrogens (tertiary/aromatic N) is 4. The van der Waals surface area contributed by atoms with Gasteiger partial charge < -0.3 is 9.80 Å². The molecule has 1 saturated heterocycles. The van der Waals surface area contributed by atoms with Gasteiger partial charge in [-0.05, 0) is 12.8 Å². The van der Waals surface area contributed by atoms with Crippen molar-refractivity contribution in [3.63, 3.8) is 0 Å². The second-order valence-corrected chi connectivity index (χ2v) is 5.66. The number of anilines is 1. The Morgan fingerprint density at radius 3 is 2.61 bits per heavy atom. The van der Waals surface area contributed by atoms with Gasteiger partial charge in [0.2, 0.25) is 5.91 Å². The zero-order valence-electron chi connectivity index (χ0n) is 10.0. The summed E-state index contributed by atoms with van der Waals surface area (Å²) in [7, 11) is 0. The molecule has 1 saturated carbocycles. The topological polar surface area (TPSA) is 60.2 Å². The molecule has 0 unspecified atom stereocenters. The van der Waals surface area contributed by atoms with Gasteiger partial charge in [0, 0.05) is 37.8 Å². The molecular formula is C12H14N4OS. The Hall–Kier alpha value is -1.61. The number of hydrogen-bond donors (Lipinski definition) is 0. The first-order valence-electron chi connectivity index (χ1n) is 6.10. The zero-order chi connectivity index (χ0) is 12.6. The first-order chi connectivity index (χ1) is 8.75. The molecule has 94 valence electrons. The molecule has 0 spiro atoms. The second-order valence-electron chi connectivity index (χ2n) is 4.79. The van der Waals surface area contributed by atoms with Gasteiger partial charge in [-0.15, -0.1) is 11.3 Å². The number of thiazole rings is 1. The van der Waals surface area contributed by atoms with Crippen molar-refractivity contribution in [3.05, 3.63) is 11.6 Å². The van der Waals surface area contributed by atoms with Gasteiger partial charge in [0.25, 0.3) is 0 Å². The Labute approximate surface area is 110 Å². The molecule has 0 atom stereocenters. The average Bonchev–Trinajstić information content (AvgIpc) is 3.04. The smallest absolute Gasteiger partial charge is 0.243 e. The quantitative estimate of drug-likeness (QED) is 0.800. The number of rotatable bonds is 2. The zero-order valence-corrected chi connectivity index (χ0v) is 10.8. The molecule has 2 fully saturated rings. The van der Waals surface area contributed by atoms with E-state index >= 15 is 0 Å². The minimum absolute atomic E-state index is 0.0313. The number of carbonyl (C=O) groups excluding carboxylic acids is 1. The summed E-state index contributed by atoms with van der Waals surface area (Å²) < 4.78 is 0. The lowest BCUT2D eigenvalue weighted by molar-refractivity contribution is -0.135. The van der Waals surface area contributed by atoms with Crippen molar-refractivity contribution < 1.29 is 4.79 Å². The number of piperazine rings is 1. The molecule has 1 aromatic heterocycles. The van der Waals surface area contributed by atoms with Gasteiger partial charge in [0.1, 0.15) is 5.41 Å². The van der Waals surface area contributed by atoms with Crippen LogP contribution in [0.4, 0.5) is 5.13 Å². The van der Waals surface area contributed by atoms with Crippen LogP contribution in [0.2, 0.25) is 0 Å². The van der Waals surface area contributed by atoms with Gasteiger partial charge in [-0.3, -0.25) is 4.79 Å². The molecule has 18 heavy (non-hydrogen) atoms. The van der Waals surface area contributed by atoms with Crippen LogP contribution in [0.5, 0.6) is 0 Å². The van der Waals surface area contributed by atoms with Crippen LogP contribution in [-0.4, -0.2) is 42.0 Å². The van der Waals surface area contributed by atoms with E-state index in [9.17, 15) is 4.79 Å². The maximum atomic E-state index is 12.2. The molecule has 6 heteroatoms. The summed E-state index contributed by atoms with van der Waals surface area (Å²) in [6, 6.07) is 2.17. The van der Waals surface area contributed by atoms with Gasteiger partial charge in [0.15, 0.2) is 5.13 Å². The Morgan fingerprint density at radius 1 is 1.39 bits per heavy atom. The van der Waals surface area contributed by atoms with Crippen LogP contribution in [0.3, 0.4) is 0 Å². The Bertz CT molecular complexity index is 481. The Morgan fingerprint density at radius 2 is 2.11 bits per heavy atom.